The molecule has 2 aromatic heterocycles. The van der Waals surface area contributed by atoms with Crippen molar-refractivity contribution in [2.24, 2.45) is 12.9 Å². The number of nitrogens with two attached hydrogens (primary N) is 1. The van der Waals surface area contributed by atoms with Crippen LogP contribution in [-0.4, -0.2) is 26.9 Å². The van der Waals surface area contributed by atoms with E-state index in [0.29, 0.717) is 29.9 Å². The third kappa shape index (κ3) is 2.93. The molecule has 4 N–H and O–H groups in total. The second-order valence-corrected chi connectivity index (χ2v) is 3.63. The van der Waals surface area contributed by atoms with Gasteiger partial charge in [0.15, 0.2) is 11.6 Å². The summed E-state index contributed by atoms with van der Waals surface area (Å²) in [5.74, 6) is 7.69. The molecule has 2 rings (SSSR count). The van der Waals surface area contributed by atoms with Crippen molar-refractivity contribution in [2.75, 3.05) is 17.9 Å². The fourth-order valence-electron chi connectivity index (χ4n) is 1.44. The molecular formula is C10H15N7O. The molecule has 2 aromatic rings. The van der Waals surface area contributed by atoms with Crippen molar-refractivity contribution in [3.8, 4) is 0 Å². The highest BCUT2D eigenvalue weighted by Gasteiger charge is 2.05. The monoisotopic (exact) mass is 249 g/mol. The van der Waals surface area contributed by atoms with Gasteiger partial charge >= 0.3 is 0 Å². The molecule has 0 saturated heterocycles. The molecule has 0 aromatic carbocycles. The van der Waals surface area contributed by atoms with Crippen molar-refractivity contribution in [1.82, 2.24) is 19.7 Å². The molecule has 18 heavy (non-hydrogen) atoms. The Morgan fingerprint density at radius 2 is 2.11 bits per heavy atom. The fraction of sp³-hybridized carbons (Fsp3) is 0.300. The first-order valence-corrected chi connectivity index (χ1v) is 5.31. The smallest absolute Gasteiger partial charge is 0.158 e. The van der Waals surface area contributed by atoms with Crippen LogP contribution in [0.15, 0.2) is 18.3 Å². The van der Waals surface area contributed by atoms with Crippen molar-refractivity contribution in [3.05, 3.63) is 24.2 Å². The Bertz CT molecular complexity index is 525. The molecule has 0 saturated carbocycles. The molecule has 0 amide bonds. The van der Waals surface area contributed by atoms with Gasteiger partial charge in [0.1, 0.15) is 18.2 Å². The van der Waals surface area contributed by atoms with E-state index in [1.807, 2.05) is 19.3 Å². The van der Waals surface area contributed by atoms with Crippen LogP contribution in [0.25, 0.3) is 0 Å². The Morgan fingerprint density at radius 3 is 2.72 bits per heavy atom. The molecule has 8 nitrogen and oxygen atoms in total. The van der Waals surface area contributed by atoms with Gasteiger partial charge < -0.3 is 15.5 Å². The first-order valence-electron chi connectivity index (χ1n) is 5.31. The van der Waals surface area contributed by atoms with Gasteiger partial charge in [0.2, 0.25) is 0 Å². The average molecular weight is 249 g/mol. The number of ether oxygens (including phenoxy) is 1. The number of nitrogens with zero attached hydrogens (tertiary/aromatic N) is 4. The van der Waals surface area contributed by atoms with Crippen LogP contribution in [0.1, 0.15) is 5.82 Å². The third-order valence-corrected chi connectivity index (χ3v) is 2.16. The number of rotatable bonds is 5. The Labute approximate surface area is 104 Å². The molecule has 0 fully saturated rings. The van der Waals surface area contributed by atoms with Crippen LogP contribution in [0.3, 0.4) is 0 Å². The number of aromatic nitrogens is 4. The summed E-state index contributed by atoms with van der Waals surface area (Å²) in [6.07, 6.45) is 1.84. The van der Waals surface area contributed by atoms with Gasteiger partial charge in [-0.1, -0.05) is 0 Å². The van der Waals surface area contributed by atoms with E-state index in [1.54, 1.807) is 17.9 Å². The summed E-state index contributed by atoms with van der Waals surface area (Å²) < 4.78 is 6.69. The maximum atomic E-state index is 5.35. The lowest BCUT2D eigenvalue weighted by atomic mass is 10.4. The molecule has 0 aliphatic heterocycles. The molecule has 2 heterocycles. The molecule has 0 bridgehead atoms. The average Bonchev–Trinajstić information content (AvgIpc) is 2.75. The predicted molar refractivity (Wildman–Crippen MR) is 67.0 cm³/mol. The number of aryl methyl sites for hydroxylation is 1. The largest absolute Gasteiger partial charge is 0.377 e. The van der Waals surface area contributed by atoms with Crippen molar-refractivity contribution in [3.63, 3.8) is 0 Å². The molecule has 0 aliphatic carbocycles. The van der Waals surface area contributed by atoms with Gasteiger partial charge in [-0.15, -0.1) is 0 Å². The zero-order chi connectivity index (χ0) is 13.0. The van der Waals surface area contributed by atoms with Gasteiger partial charge in [0, 0.05) is 32.5 Å². The molecule has 0 atom stereocenters. The summed E-state index contributed by atoms with van der Waals surface area (Å²) in [7, 11) is 3.42. The van der Waals surface area contributed by atoms with Gasteiger partial charge in [-0.3, -0.25) is 4.68 Å². The number of hydrogen-bond acceptors (Lipinski definition) is 7. The number of anilines is 3. The van der Waals surface area contributed by atoms with Crippen molar-refractivity contribution >= 4 is 17.5 Å². The first kappa shape index (κ1) is 12.3. The molecular weight excluding hydrogens is 234 g/mol. The second-order valence-electron chi connectivity index (χ2n) is 3.63. The molecule has 0 spiro atoms. The number of hydrogen-bond donors (Lipinski definition) is 3. The first-order chi connectivity index (χ1) is 8.71. The lowest BCUT2D eigenvalue weighted by Gasteiger charge is -2.07. The predicted octanol–water partition coefficient (Wildman–Crippen LogP) is 0.386. The Kier molecular flexibility index (Phi) is 3.70. The molecule has 0 radical (unpaired) electrons. The number of methoxy groups -OCH3 is 1. The quantitative estimate of drug-likeness (QED) is 0.520. The molecule has 96 valence electrons. The van der Waals surface area contributed by atoms with Crippen molar-refractivity contribution in [2.45, 2.75) is 6.61 Å². The SMILES string of the molecule is COCc1nc(NN)cc(Nc2ccn(C)n2)n1. The number of nitrogen functional groups attached to an aromatic ring is 1. The van der Waals surface area contributed by atoms with Crippen molar-refractivity contribution in [1.29, 1.82) is 0 Å². The van der Waals surface area contributed by atoms with Crippen LogP contribution in [0, 0.1) is 0 Å². The highest BCUT2D eigenvalue weighted by molar-refractivity contribution is 5.55. The van der Waals surface area contributed by atoms with E-state index in [9.17, 15) is 0 Å². The van der Waals surface area contributed by atoms with Crippen LogP contribution >= 0.6 is 0 Å². The van der Waals surface area contributed by atoms with Gasteiger partial charge in [0.05, 0.1) is 0 Å². The highest BCUT2D eigenvalue weighted by Crippen LogP contribution is 2.15. The van der Waals surface area contributed by atoms with E-state index < -0.39 is 0 Å². The summed E-state index contributed by atoms with van der Waals surface area (Å²) >= 11 is 0. The number of nitrogens with one attached hydrogen (secondary N) is 2. The minimum Gasteiger partial charge on any atom is -0.377 e. The maximum Gasteiger partial charge on any atom is 0.158 e. The van der Waals surface area contributed by atoms with Crippen LogP contribution in [0.4, 0.5) is 17.5 Å². The normalized spacial score (nSPS) is 10.4. The Morgan fingerprint density at radius 1 is 1.33 bits per heavy atom. The van der Waals surface area contributed by atoms with E-state index in [2.05, 4.69) is 25.8 Å². The van der Waals surface area contributed by atoms with E-state index in [1.165, 1.54) is 0 Å². The molecule has 0 unspecified atom stereocenters. The molecule has 0 aliphatic rings. The minimum absolute atomic E-state index is 0.312. The lowest BCUT2D eigenvalue weighted by Crippen LogP contribution is -2.12. The van der Waals surface area contributed by atoms with E-state index in [-0.39, 0.29) is 0 Å². The van der Waals surface area contributed by atoms with Gasteiger partial charge in [0.25, 0.3) is 0 Å². The van der Waals surface area contributed by atoms with Crippen LogP contribution in [0.2, 0.25) is 0 Å². The topological polar surface area (TPSA) is 103 Å². The minimum atomic E-state index is 0.312. The maximum absolute atomic E-state index is 5.35. The number of hydrazine groups is 1. The Hall–Kier alpha value is -2.19. The van der Waals surface area contributed by atoms with E-state index in [0.717, 1.165) is 0 Å². The van der Waals surface area contributed by atoms with E-state index in [4.69, 9.17) is 10.6 Å². The summed E-state index contributed by atoms with van der Waals surface area (Å²) in [6.45, 7) is 0.312. The summed E-state index contributed by atoms with van der Waals surface area (Å²) in [5.41, 5.74) is 2.48. The fourth-order valence-corrected chi connectivity index (χ4v) is 1.44. The van der Waals surface area contributed by atoms with Crippen LogP contribution in [-0.2, 0) is 18.4 Å². The zero-order valence-corrected chi connectivity index (χ0v) is 10.2. The zero-order valence-electron chi connectivity index (χ0n) is 10.2. The lowest BCUT2D eigenvalue weighted by molar-refractivity contribution is 0.178. The van der Waals surface area contributed by atoms with Gasteiger partial charge in [-0.25, -0.2) is 15.8 Å². The summed E-state index contributed by atoms with van der Waals surface area (Å²) in [4.78, 5) is 8.43. The third-order valence-electron chi connectivity index (χ3n) is 2.16. The Balaban J connectivity index is 2.23. The van der Waals surface area contributed by atoms with Crippen LogP contribution < -0.4 is 16.6 Å². The van der Waals surface area contributed by atoms with Crippen molar-refractivity contribution < 1.29 is 4.74 Å². The standard InChI is InChI=1S/C10H15N7O/c1-17-4-3-7(16-17)12-8-5-9(15-11)14-10(13-8)6-18-2/h3-5H,6,11H2,1-2H3,(H2,12,13,14,15,16). The van der Waals surface area contributed by atoms with Gasteiger partial charge in [-0.05, 0) is 0 Å². The summed E-state index contributed by atoms with van der Waals surface area (Å²) in [6, 6.07) is 3.53. The highest BCUT2D eigenvalue weighted by atomic mass is 16.5. The second kappa shape index (κ2) is 5.43. The van der Waals surface area contributed by atoms with Crippen LogP contribution in [0.5, 0.6) is 0 Å². The molecule has 8 heteroatoms. The summed E-state index contributed by atoms with van der Waals surface area (Å²) in [5, 5.41) is 7.26. The van der Waals surface area contributed by atoms with Gasteiger partial charge in [-0.2, -0.15) is 5.10 Å². The van der Waals surface area contributed by atoms with E-state index >= 15 is 0 Å².